The summed E-state index contributed by atoms with van der Waals surface area (Å²) in [6.07, 6.45) is 3.45. The highest BCUT2D eigenvalue weighted by Crippen LogP contribution is 2.27. The zero-order valence-electron chi connectivity index (χ0n) is 12.7. The van der Waals surface area contributed by atoms with Crippen molar-refractivity contribution in [2.24, 2.45) is 0 Å². The van der Waals surface area contributed by atoms with E-state index in [2.05, 4.69) is 50.8 Å². The minimum absolute atomic E-state index is 0.372. The number of aliphatic hydroxyl groups excluding tert-OH is 1. The van der Waals surface area contributed by atoms with Crippen molar-refractivity contribution in [2.45, 2.75) is 65.1 Å². The monoisotopic (exact) mass is 261 g/mol. The first-order valence-electron chi connectivity index (χ1n) is 7.50. The van der Waals surface area contributed by atoms with Crippen molar-refractivity contribution >= 4 is 0 Å². The Labute approximate surface area is 117 Å². The number of β-amino-alcohol motifs (C(OH)–C–C–N with tert-alkyl or cyclic N) is 1. The van der Waals surface area contributed by atoms with E-state index >= 15 is 0 Å². The molecular weight excluding hydrogens is 234 g/mol. The molecule has 106 valence electrons. The van der Waals surface area contributed by atoms with Crippen LogP contribution in [0.5, 0.6) is 0 Å². The Balaban J connectivity index is 2.09. The number of nitrogens with zero attached hydrogens (tertiary/aromatic N) is 1. The summed E-state index contributed by atoms with van der Waals surface area (Å²) in [4.78, 5) is 2.47. The highest BCUT2D eigenvalue weighted by molar-refractivity contribution is 5.32. The summed E-state index contributed by atoms with van der Waals surface area (Å²) >= 11 is 0. The average molecular weight is 261 g/mol. The number of hydrogen-bond acceptors (Lipinski definition) is 2. The van der Waals surface area contributed by atoms with Crippen LogP contribution in [-0.4, -0.2) is 28.6 Å². The molecule has 1 aliphatic heterocycles. The lowest BCUT2D eigenvalue weighted by Crippen LogP contribution is -2.45. The van der Waals surface area contributed by atoms with E-state index in [0.717, 1.165) is 12.1 Å². The molecule has 2 heteroatoms. The van der Waals surface area contributed by atoms with Crippen LogP contribution in [0.2, 0.25) is 0 Å². The summed E-state index contributed by atoms with van der Waals surface area (Å²) in [7, 11) is 0. The maximum Gasteiger partial charge on any atom is 0.0919 e. The lowest BCUT2D eigenvalue weighted by Gasteiger charge is -2.40. The van der Waals surface area contributed by atoms with Gasteiger partial charge in [-0.15, -0.1) is 0 Å². The fourth-order valence-electron chi connectivity index (χ4n) is 3.33. The van der Waals surface area contributed by atoms with Gasteiger partial charge in [0.25, 0.3) is 0 Å². The summed E-state index contributed by atoms with van der Waals surface area (Å²) in [5.74, 6) is 0. The lowest BCUT2D eigenvalue weighted by atomic mass is 9.95. The summed E-state index contributed by atoms with van der Waals surface area (Å²) < 4.78 is 0. The second-order valence-electron chi connectivity index (χ2n) is 6.20. The van der Waals surface area contributed by atoms with Gasteiger partial charge in [-0.05, 0) is 51.7 Å². The van der Waals surface area contributed by atoms with Gasteiger partial charge in [0.05, 0.1) is 6.10 Å². The maximum atomic E-state index is 10.5. The van der Waals surface area contributed by atoms with Crippen LogP contribution in [0.25, 0.3) is 0 Å². The molecule has 1 N–H and O–H groups in total. The quantitative estimate of drug-likeness (QED) is 0.898. The molecule has 0 aromatic heterocycles. The third-order valence-electron chi connectivity index (χ3n) is 4.54. The average Bonchev–Trinajstić information content (AvgIpc) is 2.33. The van der Waals surface area contributed by atoms with Gasteiger partial charge in [-0.3, -0.25) is 4.90 Å². The first-order chi connectivity index (χ1) is 8.99. The minimum Gasteiger partial charge on any atom is -0.387 e. The van der Waals surface area contributed by atoms with Crippen molar-refractivity contribution in [3.8, 4) is 0 Å². The van der Waals surface area contributed by atoms with Gasteiger partial charge >= 0.3 is 0 Å². The largest absolute Gasteiger partial charge is 0.387 e. The molecule has 0 aliphatic carbocycles. The summed E-state index contributed by atoms with van der Waals surface area (Å²) in [6, 6.07) is 7.50. The lowest BCUT2D eigenvalue weighted by molar-refractivity contribution is 0.0409. The fraction of sp³-hybridized carbons (Fsp3) is 0.647. The van der Waals surface area contributed by atoms with Crippen LogP contribution < -0.4 is 0 Å². The molecule has 0 radical (unpaired) electrons. The molecule has 2 nitrogen and oxygen atoms in total. The molecule has 3 unspecified atom stereocenters. The van der Waals surface area contributed by atoms with Crippen LogP contribution in [0.1, 0.15) is 55.9 Å². The maximum absolute atomic E-state index is 10.5. The molecule has 1 saturated heterocycles. The number of piperidine rings is 1. The predicted molar refractivity (Wildman–Crippen MR) is 80.4 cm³/mol. The van der Waals surface area contributed by atoms with Crippen molar-refractivity contribution < 1.29 is 5.11 Å². The molecule has 0 amide bonds. The Morgan fingerprint density at radius 1 is 1.21 bits per heavy atom. The molecule has 3 atom stereocenters. The van der Waals surface area contributed by atoms with Gasteiger partial charge in [-0.25, -0.2) is 0 Å². The van der Waals surface area contributed by atoms with E-state index in [4.69, 9.17) is 0 Å². The third-order valence-corrected chi connectivity index (χ3v) is 4.54. The van der Waals surface area contributed by atoms with Gasteiger partial charge in [0.1, 0.15) is 0 Å². The van der Waals surface area contributed by atoms with Gasteiger partial charge < -0.3 is 5.11 Å². The molecule has 19 heavy (non-hydrogen) atoms. The Hall–Kier alpha value is -0.860. The smallest absolute Gasteiger partial charge is 0.0919 e. The van der Waals surface area contributed by atoms with Gasteiger partial charge in [-0.1, -0.05) is 30.2 Å². The van der Waals surface area contributed by atoms with E-state index in [1.807, 2.05) is 0 Å². The second-order valence-corrected chi connectivity index (χ2v) is 6.20. The predicted octanol–water partition coefficient (Wildman–Crippen LogP) is 3.60. The van der Waals surface area contributed by atoms with Crippen molar-refractivity contribution in [1.82, 2.24) is 4.90 Å². The van der Waals surface area contributed by atoms with E-state index in [0.29, 0.717) is 12.1 Å². The molecule has 1 aliphatic rings. The number of rotatable bonds is 3. The standard InChI is InChI=1S/C17H27NO/c1-12-8-9-16(13(2)10-12)17(19)11-18-14(3)6-5-7-15(18)4/h8-10,14-15,17,19H,5-7,11H2,1-4H3. The Morgan fingerprint density at radius 3 is 2.42 bits per heavy atom. The summed E-state index contributed by atoms with van der Waals surface area (Å²) in [5.41, 5.74) is 3.54. The highest BCUT2D eigenvalue weighted by atomic mass is 16.3. The molecule has 1 aromatic carbocycles. The summed E-state index contributed by atoms with van der Waals surface area (Å²) in [5, 5.41) is 10.5. The molecule has 1 aromatic rings. The Morgan fingerprint density at radius 2 is 1.84 bits per heavy atom. The number of likely N-dealkylation sites (tertiary alicyclic amines) is 1. The van der Waals surface area contributed by atoms with Crippen molar-refractivity contribution in [3.63, 3.8) is 0 Å². The van der Waals surface area contributed by atoms with Crippen molar-refractivity contribution in [2.75, 3.05) is 6.54 Å². The Kier molecular flexibility index (Phi) is 4.64. The van der Waals surface area contributed by atoms with Gasteiger partial charge in [0.15, 0.2) is 0 Å². The van der Waals surface area contributed by atoms with E-state index in [1.165, 1.54) is 30.4 Å². The number of aliphatic hydroxyl groups is 1. The van der Waals surface area contributed by atoms with Gasteiger partial charge in [0, 0.05) is 18.6 Å². The highest BCUT2D eigenvalue weighted by Gasteiger charge is 2.27. The second kappa shape index (κ2) is 6.06. The van der Waals surface area contributed by atoms with Crippen LogP contribution in [0, 0.1) is 13.8 Å². The minimum atomic E-state index is -0.372. The molecule has 0 bridgehead atoms. The first-order valence-corrected chi connectivity index (χ1v) is 7.50. The summed E-state index contributed by atoms with van der Waals surface area (Å²) in [6.45, 7) is 9.51. The SMILES string of the molecule is Cc1ccc(C(O)CN2C(C)CCCC2C)c(C)c1. The molecule has 0 saturated carbocycles. The number of benzene rings is 1. The van der Waals surface area contributed by atoms with E-state index in [9.17, 15) is 5.11 Å². The normalized spacial score (nSPS) is 26.4. The number of aryl methyl sites for hydroxylation is 2. The van der Waals surface area contributed by atoms with Gasteiger partial charge in [-0.2, -0.15) is 0 Å². The van der Waals surface area contributed by atoms with E-state index < -0.39 is 0 Å². The topological polar surface area (TPSA) is 23.5 Å². The molecular formula is C17H27NO. The third kappa shape index (κ3) is 3.37. The van der Waals surface area contributed by atoms with E-state index in [-0.39, 0.29) is 6.10 Å². The van der Waals surface area contributed by atoms with Crippen LogP contribution in [0.15, 0.2) is 18.2 Å². The van der Waals surface area contributed by atoms with Crippen LogP contribution in [-0.2, 0) is 0 Å². The van der Waals surface area contributed by atoms with Crippen LogP contribution >= 0.6 is 0 Å². The van der Waals surface area contributed by atoms with E-state index in [1.54, 1.807) is 0 Å². The number of hydrogen-bond donors (Lipinski definition) is 1. The molecule has 0 spiro atoms. The van der Waals surface area contributed by atoms with Gasteiger partial charge in [0.2, 0.25) is 0 Å². The Bertz CT molecular complexity index is 419. The molecule has 1 heterocycles. The van der Waals surface area contributed by atoms with Crippen molar-refractivity contribution in [3.05, 3.63) is 34.9 Å². The molecule has 1 fully saturated rings. The van der Waals surface area contributed by atoms with Crippen LogP contribution in [0.4, 0.5) is 0 Å². The zero-order chi connectivity index (χ0) is 14.0. The fourth-order valence-corrected chi connectivity index (χ4v) is 3.33. The van der Waals surface area contributed by atoms with Crippen molar-refractivity contribution in [1.29, 1.82) is 0 Å². The first kappa shape index (κ1) is 14.5. The molecule has 2 rings (SSSR count). The zero-order valence-corrected chi connectivity index (χ0v) is 12.7. The van der Waals surface area contributed by atoms with Crippen LogP contribution in [0.3, 0.4) is 0 Å².